The number of nitrogens with one attached hydrogen (secondary N) is 1. The highest BCUT2D eigenvalue weighted by molar-refractivity contribution is 6.31. The van der Waals surface area contributed by atoms with Gasteiger partial charge in [-0.25, -0.2) is 4.39 Å². The number of hydrogen-bond acceptors (Lipinski definition) is 1. The first-order valence-corrected chi connectivity index (χ1v) is 8.73. The first-order chi connectivity index (χ1) is 10.2. The lowest BCUT2D eigenvalue weighted by Gasteiger charge is -2.32. The molecule has 0 heterocycles. The molecule has 2 fully saturated rings. The highest BCUT2D eigenvalue weighted by atomic mass is 35.5. The average Bonchev–Trinajstić information content (AvgIpc) is 3.09. The van der Waals surface area contributed by atoms with Crippen LogP contribution in [0.2, 0.25) is 5.02 Å². The molecule has 1 nitrogen and oxygen atoms in total. The van der Waals surface area contributed by atoms with E-state index in [1.54, 1.807) is 12.1 Å². The second-order valence-corrected chi connectivity index (χ2v) is 7.21. The van der Waals surface area contributed by atoms with Crippen molar-refractivity contribution in [2.24, 2.45) is 17.8 Å². The average molecular weight is 310 g/mol. The van der Waals surface area contributed by atoms with Crippen LogP contribution in [0, 0.1) is 23.6 Å². The van der Waals surface area contributed by atoms with Crippen LogP contribution in [-0.4, -0.2) is 12.6 Å². The van der Waals surface area contributed by atoms with Crippen molar-refractivity contribution in [1.82, 2.24) is 5.32 Å². The highest BCUT2D eigenvalue weighted by Crippen LogP contribution is 2.50. The van der Waals surface area contributed by atoms with E-state index in [1.165, 1.54) is 31.7 Å². The van der Waals surface area contributed by atoms with Gasteiger partial charge >= 0.3 is 0 Å². The van der Waals surface area contributed by atoms with Gasteiger partial charge in [0.15, 0.2) is 0 Å². The van der Waals surface area contributed by atoms with E-state index in [1.807, 2.05) is 0 Å². The van der Waals surface area contributed by atoms with Crippen LogP contribution in [0.15, 0.2) is 18.2 Å². The third-order valence-corrected chi connectivity index (χ3v) is 5.81. The summed E-state index contributed by atoms with van der Waals surface area (Å²) in [4.78, 5) is 0. The van der Waals surface area contributed by atoms with Gasteiger partial charge in [0.05, 0.1) is 0 Å². The van der Waals surface area contributed by atoms with Gasteiger partial charge in [-0.15, -0.1) is 0 Å². The fraction of sp³-hybridized carbons (Fsp3) is 0.667. The Morgan fingerprint density at radius 2 is 2.19 bits per heavy atom. The Morgan fingerprint density at radius 3 is 2.81 bits per heavy atom. The van der Waals surface area contributed by atoms with Gasteiger partial charge in [0.1, 0.15) is 5.82 Å². The molecule has 1 aromatic carbocycles. The van der Waals surface area contributed by atoms with Crippen LogP contribution < -0.4 is 5.32 Å². The number of halogens is 2. The predicted octanol–water partition coefficient (Wildman–Crippen LogP) is 4.83. The number of fused-ring (bicyclic) bond motifs is 2. The van der Waals surface area contributed by atoms with Crippen LogP contribution in [0.25, 0.3) is 0 Å². The van der Waals surface area contributed by atoms with Gasteiger partial charge < -0.3 is 5.32 Å². The minimum absolute atomic E-state index is 0.158. The molecule has 0 saturated heterocycles. The molecular weight excluding hydrogens is 285 g/mol. The molecule has 116 valence electrons. The monoisotopic (exact) mass is 309 g/mol. The lowest BCUT2D eigenvalue weighted by Crippen LogP contribution is -2.41. The van der Waals surface area contributed by atoms with E-state index < -0.39 is 0 Å². The number of hydrogen-bond donors (Lipinski definition) is 1. The molecule has 2 aliphatic rings. The van der Waals surface area contributed by atoms with E-state index in [-0.39, 0.29) is 5.82 Å². The summed E-state index contributed by atoms with van der Waals surface area (Å²) < 4.78 is 14.1. The standard InChI is InChI=1S/C18H25ClFN/c1-2-8-21-18(14-10-12-6-7-13(14)9-12)11-15-16(19)4-3-5-17(15)20/h3-5,12-14,18,21H,2,6-11H2,1H3. The molecule has 0 amide bonds. The Morgan fingerprint density at radius 1 is 1.33 bits per heavy atom. The smallest absolute Gasteiger partial charge is 0.127 e. The molecule has 4 unspecified atom stereocenters. The summed E-state index contributed by atoms with van der Waals surface area (Å²) in [6.07, 6.45) is 7.31. The van der Waals surface area contributed by atoms with Crippen LogP contribution in [0.4, 0.5) is 4.39 Å². The summed E-state index contributed by atoms with van der Waals surface area (Å²) in [6.45, 7) is 3.19. The van der Waals surface area contributed by atoms with Crippen molar-refractivity contribution in [2.45, 2.75) is 51.5 Å². The molecule has 4 atom stereocenters. The normalized spacial score (nSPS) is 29.0. The summed E-state index contributed by atoms with van der Waals surface area (Å²) in [6, 6.07) is 5.39. The van der Waals surface area contributed by atoms with Crippen molar-refractivity contribution in [2.75, 3.05) is 6.54 Å². The third kappa shape index (κ3) is 3.27. The fourth-order valence-corrected chi connectivity index (χ4v) is 4.68. The van der Waals surface area contributed by atoms with E-state index in [0.717, 1.165) is 31.2 Å². The summed E-state index contributed by atoms with van der Waals surface area (Å²) in [7, 11) is 0. The second kappa shape index (κ2) is 6.66. The topological polar surface area (TPSA) is 12.0 Å². The minimum atomic E-state index is -0.158. The zero-order valence-corrected chi connectivity index (χ0v) is 13.5. The van der Waals surface area contributed by atoms with Crippen LogP contribution in [0.5, 0.6) is 0 Å². The van der Waals surface area contributed by atoms with Gasteiger partial charge in [0.2, 0.25) is 0 Å². The first-order valence-electron chi connectivity index (χ1n) is 8.35. The highest BCUT2D eigenvalue weighted by Gasteiger charge is 2.43. The Bertz CT molecular complexity index is 470. The lowest BCUT2D eigenvalue weighted by atomic mass is 9.81. The molecule has 3 heteroatoms. The van der Waals surface area contributed by atoms with E-state index in [0.29, 0.717) is 22.5 Å². The zero-order chi connectivity index (χ0) is 14.8. The Balaban J connectivity index is 1.76. The van der Waals surface area contributed by atoms with Gasteiger partial charge in [-0.2, -0.15) is 0 Å². The molecule has 1 N–H and O–H groups in total. The van der Waals surface area contributed by atoms with Crippen molar-refractivity contribution >= 4 is 11.6 Å². The summed E-state index contributed by atoms with van der Waals surface area (Å²) in [5.41, 5.74) is 0.690. The first kappa shape index (κ1) is 15.3. The third-order valence-electron chi connectivity index (χ3n) is 5.45. The quantitative estimate of drug-likeness (QED) is 0.794. The van der Waals surface area contributed by atoms with Crippen LogP contribution in [-0.2, 0) is 6.42 Å². The van der Waals surface area contributed by atoms with Crippen LogP contribution >= 0.6 is 11.6 Å². The van der Waals surface area contributed by atoms with E-state index in [2.05, 4.69) is 12.2 Å². The molecule has 0 spiro atoms. The van der Waals surface area contributed by atoms with Crippen LogP contribution in [0.3, 0.4) is 0 Å². The minimum Gasteiger partial charge on any atom is -0.313 e. The molecule has 0 radical (unpaired) electrons. The molecule has 1 aromatic rings. The van der Waals surface area contributed by atoms with Crippen molar-refractivity contribution in [3.8, 4) is 0 Å². The maximum atomic E-state index is 14.1. The molecule has 2 saturated carbocycles. The van der Waals surface area contributed by atoms with Gasteiger partial charge in [-0.3, -0.25) is 0 Å². The fourth-order valence-electron chi connectivity index (χ4n) is 4.44. The van der Waals surface area contributed by atoms with Gasteiger partial charge in [0.25, 0.3) is 0 Å². The molecule has 2 bridgehead atoms. The lowest BCUT2D eigenvalue weighted by molar-refractivity contribution is 0.245. The number of rotatable bonds is 6. The number of benzene rings is 1. The Kier molecular flexibility index (Phi) is 4.85. The van der Waals surface area contributed by atoms with Crippen molar-refractivity contribution in [3.63, 3.8) is 0 Å². The largest absolute Gasteiger partial charge is 0.313 e. The zero-order valence-electron chi connectivity index (χ0n) is 12.7. The van der Waals surface area contributed by atoms with Gasteiger partial charge in [0, 0.05) is 16.6 Å². The molecule has 2 aliphatic carbocycles. The molecule has 3 rings (SSSR count). The van der Waals surface area contributed by atoms with E-state index in [9.17, 15) is 4.39 Å². The summed E-state index contributed by atoms with van der Waals surface area (Å²) in [5.74, 6) is 2.30. The summed E-state index contributed by atoms with van der Waals surface area (Å²) in [5, 5.41) is 4.24. The van der Waals surface area contributed by atoms with E-state index in [4.69, 9.17) is 11.6 Å². The van der Waals surface area contributed by atoms with E-state index >= 15 is 0 Å². The van der Waals surface area contributed by atoms with Crippen molar-refractivity contribution < 1.29 is 4.39 Å². The SMILES string of the molecule is CCCNC(Cc1c(F)cccc1Cl)C1CC2CCC1C2. The molecular formula is C18H25ClFN. The Hall–Kier alpha value is -0.600. The second-order valence-electron chi connectivity index (χ2n) is 6.80. The van der Waals surface area contributed by atoms with Gasteiger partial charge in [-0.05, 0) is 68.5 Å². The van der Waals surface area contributed by atoms with Crippen molar-refractivity contribution in [3.05, 3.63) is 34.6 Å². The molecule has 0 aromatic heterocycles. The van der Waals surface area contributed by atoms with Crippen LogP contribution in [0.1, 0.15) is 44.6 Å². The van der Waals surface area contributed by atoms with Crippen molar-refractivity contribution in [1.29, 1.82) is 0 Å². The molecule has 21 heavy (non-hydrogen) atoms. The van der Waals surface area contributed by atoms with Gasteiger partial charge in [-0.1, -0.05) is 31.0 Å². The Labute approximate surface area is 132 Å². The maximum absolute atomic E-state index is 14.1. The summed E-state index contributed by atoms with van der Waals surface area (Å²) >= 11 is 6.23. The predicted molar refractivity (Wildman–Crippen MR) is 86.1 cm³/mol. The molecule has 0 aliphatic heterocycles. The maximum Gasteiger partial charge on any atom is 0.127 e.